The summed E-state index contributed by atoms with van der Waals surface area (Å²) in [7, 11) is 0. The third kappa shape index (κ3) is 7.11. The van der Waals surface area contributed by atoms with Gasteiger partial charge in [0.15, 0.2) is 6.61 Å². The zero-order valence-electron chi connectivity index (χ0n) is 17.1. The number of ether oxygens (including phenoxy) is 1. The molecular weight excluding hydrogens is 420 g/mol. The van der Waals surface area contributed by atoms with Crippen LogP contribution in [0.25, 0.3) is 11.4 Å². The van der Waals surface area contributed by atoms with Gasteiger partial charge in [-0.25, -0.2) is 0 Å². The van der Waals surface area contributed by atoms with Crippen molar-refractivity contribution < 1.29 is 18.8 Å². The predicted molar refractivity (Wildman–Crippen MR) is 117 cm³/mol. The molecule has 2 aromatic carbocycles. The largest absolute Gasteiger partial charge is 0.484 e. The Kier molecular flexibility index (Phi) is 8.00. The zero-order chi connectivity index (χ0) is 22.1. The second kappa shape index (κ2) is 11.1. The molecule has 0 bridgehead atoms. The molecule has 1 aromatic heterocycles. The molecule has 0 spiro atoms. The van der Waals surface area contributed by atoms with Gasteiger partial charge < -0.3 is 19.9 Å². The number of nitrogens with zero attached hydrogens (tertiary/aromatic N) is 2. The topological polar surface area (TPSA) is 106 Å². The number of anilines is 1. The number of halogens is 1. The molecular formula is C22H23ClN4O4. The molecule has 0 aliphatic carbocycles. The highest BCUT2D eigenvalue weighted by atomic mass is 35.5. The van der Waals surface area contributed by atoms with E-state index < -0.39 is 0 Å². The number of rotatable bonds is 10. The summed E-state index contributed by atoms with van der Waals surface area (Å²) in [5.41, 5.74) is 1.47. The first-order valence-corrected chi connectivity index (χ1v) is 10.3. The van der Waals surface area contributed by atoms with E-state index in [-0.39, 0.29) is 18.4 Å². The fourth-order valence-corrected chi connectivity index (χ4v) is 2.85. The molecule has 0 aliphatic heterocycles. The molecule has 9 heteroatoms. The van der Waals surface area contributed by atoms with E-state index in [1.807, 2.05) is 19.1 Å². The van der Waals surface area contributed by atoms with Crippen LogP contribution in [0.2, 0.25) is 5.02 Å². The molecule has 1 heterocycles. The Morgan fingerprint density at radius 2 is 1.81 bits per heavy atom. The number of hydrogen-bond donors (Lipinski definition) is 2. The van der Waals surface area contributed by atoms with Gasteiger partial charge in [-0.1, -0.05) is 16.8 Å². The molecule has 0 saturated heterocycles. The number of hydrogen-bond acceptors (Lipinski definition) is 6. The van der Waals surface area contributed by atoms with Gasteiger partial charge in [0.2, 0.25) is 17.6 Å². The third-order valence-corrected chi connectivity index (χ3v) is 4.50. The average molecular weight is 443 g/mol. The van der Waals surface area contributed by atoms with E-state index in [1.165, 1.54) is 0 Å². The summed E-state index contributed by atoms with van der Waals surface area (Å²) < 4.78 is 10.6. The minimum Gasteiger partial charge on any atom is -0.484 e. The molecule has 2 amide bonds. The van der Waals surface area contributed by atoms with E-state index >= 15 is 0 Å². The number of nitrogens with one attached hydrogen (secondary N) is 2. The monoisotopic (exact) mass is 442 g/mol. The van der Waals surface area contributed by atoms with Crippen molar-refractivity contribution in [3.63, 3.8) is 0 Å². The van der Waals surface area contributed by atoms with E-state index in [2.05, 4.69) is 20.8 Å². The Balaban J connectivity index is 1.40. The smallest absolute Gasteiger partial charge is 0.257 e. The summed E-state index contributed by atoms with van der Waals surface area (Å²) in [4.78, 5) is 27.9. The number of carbonyl (C=O) groups is 2. The van der Waals surface area contributed by atoms with Crippen LogP contribution in [-0.2, 0) is 16.0 Å². The summed E-state index contributed by atoms with van der Waals surface area (Å²) in [6.45, 7) is 2.36. The second-order valence-corrected chi connectivity index (χ2v) is 7.12. The molecule has 0 fully saturated rings. The molecule has 2 N–H and O–H groups in total. The van der Waals surface area contributed by atoms with E-state index in [9.17, 15) is 9.59 Å². The first kappa shape index (κ1) is 22.3. The standard InChI is InChI=1S/C22H23ClN4O4/c1-2-24-20(29)14-30-18-12-10-17(11-13-18)25-19(28)4-3-5-21-26-22(27-31-21)15-6-8-16(23)9-7-15/h6-13H,2-5,14H2,1H3,(H,24,29)(H,25,28). The van der Waals surface area contributed by atoms with Gasteiger partial charge in [-0.3, -0.25) is 9.59 Å². The fraction of sp³-hybridized carbons (Fsp3) is 0.273. The van der Waals surface area contributed by atoms with Crippen molar-refractivity contribution in [2.24, 2.45) is 0 Å². The normalized spacial score (nSPS) is 10.5. The lowest BCUT2D eigenvalue weighted by atomic mass is 10.2. The number of carbonyl (C=O) groups excluding carboxylic acids is 2. The highest BCUT2D eigenvalue weighted by Gasteiger charge is 2.10. The van der Waals surface area contributed by atoms with Crippen LogP contribution in [0.4, 0.5) is 5.69 Å². The van der Waals surface area contributed by atoms with Crippen molar-refractivity contribution in [1.82, 2.24) is 15.5 Å². The first-order valence-electron chi connectivity index (χ1n) is 9.91. The van der Waals surface area contributed by atoms with Crippen molar-refractivity contribution in [3.8, 4) is 17.1 Å². The summed E-state index contributed by atoms with van der Waals surface area (Å²) in [6, 6.07) is 14.0. The van der Waals surface area contributed by atoms with Crippen molar-refractivity contribution >= 4 is 29.1 Å². The molecule has 0 atom stereocenters. The number of amides is 2. The highest BCUT2D eigenvalue weighted by Crippen LogP contribution is 2.19. The van der Waals surface area contributed by atoms with Gasteiger partial charge in [0, 0.05) is 35.7 Å². The molecule has 3 aromatic rings. The van der Waals surface area contributed by atoms with Crippen LogP contribution in [-0.4, -0.2) is 35.1 Å². The molecule has 0 saturated carbocycles. The second-order valence-electron chi connectivity index (χ2n) is 6.69. The van der Waals surface area contributed by atoms with Gasteiger partial charge in [0.1, 0.15) is 5.75 Å². The number of aryl methyl sites for hydroxylation is 1. The lowest BCUT2D eigenvalue weighted by Gasteiger charge is -2.08. The van der Waals surface area contributed by atoms with E-state index in [0.29, 0.717) is 54.0 Å². The Morgan fingerprint density at radius 3 is 2.52 bits per heavy atom. The van der Waals surface area contributed by atoms with Crippen LogP contribution in [0.3, 0.4) is 0 Å². The van der Waals surface area contributed by atoms with Gasteiger partial charge in [-0.2, -0.15) is 4.98 Å². The summed E-state index contributed by atoms with van der Waals surface area (Å²) >= 11 is 5.88. The van der Waals surface area contributed by atoms with Crippen LogP contribution in [0.1, 0.15) is 25.7 Å². The first-order chi connectivity index (χ1) is 15.0. The minimum absolute atomic E-state index is 0.0467. The Bertz CT molecular complexity index is 1000. The fourth-order valence-electron chi connectivity index (χ4n) is 2.73. The van der Waals surface area contributed by atoms with Crippen molar-refractivity contribution in [2.75, 3.05) is 18.5 Å². The van der Waals surface area contributed by atoms with Gasteiger partial charge in [0.25, 0.3) is 5.91 Å². The number of likely N-dealkylation sites (N-methyl/N-ethyl adjacent to an activating group) is 1. The molecule has 0 unspecified atom stereocenters. The lowest BCUT2D eigenvalue weighted by molar-refractivity contribution is -0.123. The molecule has 162 valence electrons. The average Bonchev–Trinajstić information content (AvgIpc) is 3.23. The molecule has 3 rings (SSSR count). The number of benzene rings is 2. The third-order valence-electron chi connectivity index (χ3n) is 4.25. The van der Waals surface area contributed by atoms with Crippen LogP contribution in [0.15, 0.2) is 53.1 Å². The SMILES string of the molecule is CCNC(=O)COc1ccc(NC(=O)CCCc2nc(-c3ccc(Cl)cc3)no2)cc1. The maximum Gasteiger partial charge on any atom is 0.257 e. The van der Waals surface area contributed by atoms with Gasteiger partial charge in [0.05, 0.1) is 0 Å². The highest BCUT2D eigenvalue weighted by molar-refractivity contribution is 6.30. The molecule has 31 heavy (non-hydrogen) atoms. The van der Waals surface area contributed by atoms with Crippen molar-refractivity contribution in [1.29, 1.82) is 0 Å². The molecule has 0 radical (unpaired) electrons. The zero-order valence-corrected chi connectivity index (χ0v) is 17.8. The summed E-state index contributed by atoms with van der Waals surface area (Å²) in [5, 5.41) is 10.1. The van der Waals surface area contributed by atoms with Gasteiger partial charge in [-0.15, -0.1) is 0 Å². The van der Waals surface area contributed by atoms with E-state index in [4.69, 9.17) is 20.9 Å². The summed E-state index contributed by atoms with van der Waals surface area (Å²) in [6.07, 6.45) is 1.39. The quantitative estimate of drug-likeness (QED) is 0.493. The Hall–Kier alpha value is -3.39. The van der Waals surface area contributed by atoms with E-state index in [1.54, 1.807) is 36.4 Å². The van der Waals surface area contributed by atoms with Gasteiger partial charge >= 0.3 is 0 Å². The lowest BCUT2D eigenvalue weighted by Crippen LogP contribution is -2.28. The van der Waals surface area contributed by atoms with Crippen LogP contribution in [0.5, 0.6) is 5.75 Å². The minimum atomic E-state index is -0.179. The molecule has 0 aliphatic rings. The maximum absolute atomic E-state index is 12.2. The Labute approximate surface area is 184 Å². The Morgan fingerprint density at radius 1 is 1.06 bits per heavy atom. The predicted octanol–water partition coefficient (Wildman–Crippen LogP) is 3.87. The van der Waals surface area contributed by atoms with Crippen LogP contribution in [0, 0.1) is 0 Å². The van der Waals surface area contributed by atoms with Gasteiger partial charge in [-0.05, 0) is 61.9 Å². The van der Waals surface area contributed by atoms with E-state index in [0.717, 1.165) is 5.56 Å². The van der Waals surface area contributed by atoms with Crippen molar-refractivity contribution in [2.45, 2.75) is 26.2 Å². The van der Waals surface area contributed by atoms with Crippen LogP contribution < -0.4 is 15.4 Å². The summed E-state index contributed by atoms with van der Waals surface area (Å²) in [5.74, 6) is 1.23. The number of aromatic nitrogens is 2. The van der Waals surface area contributed by atoms with Crippen molar-refractivity contribution in [3.05, 3.63) is 59.4 Å². The van der Waals surface area contributed by atoms with Crippen LogP contribution >= 0.6 is 11.6 Å². The molecule has 8 nitrogen and oxygen atoms in total. The maximum atomic E-state index is 12.2.